The van der Waals surface area contributed by atoms with E-state index in [1.807, 2.05) is 18.2 Å². The van der Waals surface area contributed by atoms with Crippen LogP contribution in [-0.2, 0) is 0 Å². The van der Waals surface area contributed by atoms with E-state index in [-0.39, 0.29) is 0 Å². The second-order valence-corrected chi connectivity index (χ2v) is 9.02. The van der Waals surface area contributed by atoms with Crippen molar-refractivity contribution >= 4 is 26.8 Å². The van der Waals surface area contributed by atoms with Gasteiger partial charge in [-0.2, -0.15) is 0 Å². The van der Waals surface area contributed by atoms with E-state index < -0.39 is 0 Å². The van der Waals surface area contributed by atoms with E-state index in [9.17, 15) is 0 Å². The minimum atomic E-state index is 0.763. The number of anilines is 1. The van der Waals surface area contributed by atoms with E-state index >= 15 is 0 Å². The summed E-state index contributed by atoms with van der Waals surface area (Å²) in [5.74, 6) is 0.853. The number of benzene rings is 1. The molecule has 152 valence electrons. The van der Waals surface area contributed by atoms with Gasteiger partial charge in [0.2, 0.25) is 0 Å². The van der Waals surface area contributed by atoms with E-state index in [1.54, 1.807) is 18.4 Å². The van der Waals surface area contributed by atoms with Gasteiger partial charge in [-0.25, -0.2) is 9.97 Å². The molecule has 0 bridgehead atoms. The van der Waals surface area contributed by atoms with Gasteiger partial charge in [-0.05, 0) is 63.0 Å². The SMILES string of the molecule is COc1cccc(-c2ccc3nc(N4CCC(N5CCCCC5)CC4)sc3n2)c1. The van der Waals surface area contributed by atoms with Crippen LogP contribution in [-0.4, -0.2) is 54.2 Å². The van der Waals surface area contributed by atoms with Crippen molar-refractivity contribution in [1.29, 1.82) is 0 Å². The Kier molecular flexibility index (Phi) is 5.38. The summed E-state index contributed by atoms with van der Waals surface area (Å²) in [6, 6.07) is 13.0. The van der Waals surface area contributed by atoms with E-state index in [0.717, 1.165) is 51.6 Å². The average Bonchev–Trinajstić information content (AvgIpc) is 3.23. The first-order valence-corrected chi connectivity index (χ1v) is 11.5. The highest BCUT2D eigenvalue weighted by molar-refractivity contribution is 7.21. The summed E-state index contributed by atoms with van der Waals surface area (Å²) in [6.45, 7) is 4.79. The van der Waals surface area contributed by atoms with Crippen LogP contribution in [0.4, 0.5) is 5.13 Å². The Morgan fingerprint density at radius 3 is 2.59 bits per heavy atom. The van der Waals surface area contributed by atoms with Crippen LogP contribution in [0.2, 0.25) is 0 Å². The molecule has 0 atom stereocenters. The summed E-state index contributed by atoms with van der Waals surface area (Å²) in [5, 5.41) is 1.12. The van der Waals surface area contributed by atoms with Crippen LogP contribution in [0.15, 0.2) is 36.4 Å². The number of rotatable bonds is 4. The predicted octanol–water partition coefficient (Wildman–Crippen LogP) is 4.82. The summed E-state index contributed by atoms with van der Waals surface area (Å²) >= 11 is 1.72. The Labute approximate surface area is 176 Å². The minimum Gasteiger partial charge on any atom is -0.497 e. The highest BCUT2D eigenvalue weighted by Crippen LogP contribution is 2.32. The van der Waals surface area contributed by atoms with Gasteiger partial charge in [-0.15, -0.1) is 0 Å². The van der Waals surface area contributed by atoms with Crippen molar-refractivity contribution in [2.24, 2.45) is 0 Å². The maximum Gasteiger partial charge on any atom is 0.187 e. The first kappa shape index (κ1) is 18.8. The number of nitrogens with zero attached hydrogens (tertiary/aromatic N) is 4. The van der Waals surface area contributed by atoms with Gasteiger partial charge in [-0.1, -0.05) is 29.9 Å². The topological polar surface area (TPSA) is 41.5 Å². The second-order valence-electron chi connectivity index (χ2n) is 8.06. The second kappa shape index (κ2) is 8.28. The monoisotopic (exact) mass is 408 g/mol. The molecule has 3 aromatic rings. The fourth-order valence-electron chi connectivity index (χ4n) is 4.59. The number of likely N-dealkylation sites (tertiary alicyclic amines) is 1. The number of piperidine rings is 2. The molecule has 29 heavy (non-hydrogen) atoms. The molecule has 1 aromatic carbocycles. The van der Waals surface area contributed by atoms with Gasteiger partial charge in [0.15, 0.2) is 5.13 Å². The molecule has 2 aliphatic rings. The Bertz CT molecular complexity index is 974. The number of methoxy groups -OCH3 is 1. The molecule has 4 heterocycles. The number of fused-ring (bicyclic) bond motifs is 1. The molecule has 2 fully saturated rings. The highest BCUT2D eigenvalue weighted by Gasteiger charge is 2.27. The van der Waals surface area contributed by atoms with Gasteiger partial charge in [0, 0.05) is 24.7 Å². The van der Waals surface area contributed by atoms with Crippen LogP contribution in [0.5, 0.6) is 5.75 Å². The Morgan fingerprint density at radius 1 is 0.966 bits per heavy atom. The fourth-order valence-corrected chi connectivity index (χ4v) is 5.58. The predicted molar refractivity (Wildman–Crippen MR) is 120 cm³/mol. The van der Waals surface area contributed by atoms with E-state index in [1.165, 1.54) is 45.2 Å². The van der Waals surface area contributed by atoms with Crippen LogP contribution in [0.3, 0.4) is 0 Å². The smallest absolute Gasteiger partial charge is 0.187 e. The number of hydrogen-bond acceptors (Lipinski definition) is 6. The maximum atomic E-state index is 5.35. The summed E-state index contributed by atoms with van der Waals surface area (Å²) in [5.41, 5.74) is 3.04. The molecule has 0 amide bonds. The summed E-state index contributed by atoms with van der Waals surface area (Å²) < 4.78 is 5.35. The zero-order chi connectivity index (χ0) is 19.6. The molecule has 2 saturated heterocycles. The van der Waals surface area contributed by atoms with Crippen molar-refractivity contribution < 1.29 is 4.74 Å². The molecule has 6 heteroatoms. The molecule has 0 saturated carbocycles. The Morgan fingerprint density at radius 2 is 1.79 bits per heavy atom. The standard InChI is InChI=1S/C23H28N4OS/c1-28-19-7-5-6-17(16-19)20-8-9-21-22(24-20)29-23(25-21)27-14-10-18(11-15-27)26-12-3-2-4-13-26/h5-9,16,18H,2-4,10-15H2,1H3. The zero-order valence-electron chi connectivity index (χ0n) is 17.0. The van der Waals surface area contributed by atoms with E-state index in [2.05, 4.69) is 28.0 Å². The fraction of sp³-hybridized carbons (Fsp3) is 0.478. The van der Waals surface area contributed by atoms with Crippen molar-refractivity contribution in [3.8, 4) is 17.0 Å². The molecular weight excluding hydrogens is 380 g/mol. The summed E-state index contributed by atoms with van der Waals surface area (Å²) in [6.07, 6.45) is 6.65. The first-order valence-electron chi connectivity index (χ1n) is 10.7. The van der Waals surface area contributed by atoms with Crippen molar-refractivity contribution in [2.45, 2.75) is 38.1 Å². The van der Waals surface area contributed by atoms with Crippen LogP contribution in [0, 0.1) is 0 Å². The largest absolute Gasteiger partial charge is 0.497 e. The molecule has 0 N–H and O–H groups in total. The number of pyridine rings is 1. The van der Waals surface area contributed by atoms with Crippen LogP contribution in [0.1, 0.15) is 32.1 Å². The Hall–Kier alpha value is -2.18. The molecule has 0 spiro atoms. The molecule has 0 aliphatic carbocycles. The molecule has 2 aliphatic heterocycles. The minimum absolute atomic E-state index is 0.763. The van der Waals surface area contributed by atoms with Gasteiger partial charge >= 0.3 is 0 Å². The Balaban J connectivity index is 1.31. The van der Waals surface area contributed by atoms with Gasteiger partial charge in [0.1, 0.15) is 16.1 Å². The van der Waals surface area contributed by atoms with Crippen LogP contribution in [0.25, 0.3) is 21.6 Å². The molecule has 2 aromatic heterocycles. The third kappa shape index (κ3) is 3.96. The lowest BCUT2D eigenvalue weighted by Crippen LogP contribution is -2.46. The van der Waals surface area contributed by atoms with E-state index in [4.69, 9.17) is 14.7 Å². The van der Waals surface area contributed by atoms with Crippen molar-refractivity contribution in [1.82, 2.24) is 14.9 Å². The van der Waals surface area contributed by atoms with Crippen molar-refractivity contribution in [3.05, 3.63) is 36.4 Å². The van der Waals surface area contributed by atoms with Crippen LogP contribution >= 0.6 is 11.3 Å². The van der Waals surface area contributed by atoms with Gasteiger partial charge in [-0.3, -0.25) is 0 Å². The number of hydrogen-bond donors (Lipinski definition) is 0. The lowest BCUT2D eigenvalue weighted by atomic mass is 10.0. The third-order valence-electron chi connectivity index (χ3n) is 6.25. The quantitative estimate of drug-likeness (QED) is 0.619. The van der Waals surface area contributed by atoms with E-state index in [0.29, 0.717) is 0 Å². The highest BCUT2D eigenvalue weighted by atomic mass is 32.1. The number of thiazole rings is 1. The van der Waals surface area contributed by atoms with Crippen molar-refractivity contribution in [3.63, 3.8) is 0 Å². The average molecular weight is 409 g/mol. The maximum absolute atomic E-state index is 5.35. The number of ether oxygens (including phenoxy) is 1. The van der Waals surface area contributed by atoms with Gasteiger partial charge in [0.25, 0.3) is 0 Å². The van der Waals surface area contributed by atoms with Gasteiger partial charge < -0.3 is 14.5 Å². The molecule has 0 unspecified atom stereocenters. The van der Waals surface area contributed by atoms with Crippen LogP contribution < -0.4 is 9.64 Å². The molecular formula is C23H28N4OS. The molecule has 5 nitrogen and oxygen atoms in total. The molecule has 0 radical (unpaired) electrons. The van der Waals surface area contributed by atoms with Crippen molar-refractivity contribution in [2.75, 3.05) is 38.2 Å². The lowest BCUT2D eigenvalue weighted by Gasteiger charge is -2.40. The normalized spacial score (nSPS) is 19.0. The number of aromatic nitrogens is 2. The first-order chi connectivity index (χ1) is 14.3. The molecule has 5 rings (SSSR count). The third-order valence-corrected chi connectivity index (χ3v) is 7.28. The summed E-state index contributed by atoms with van der Waals surface area (Å²) in [4.78, 5) is 16.0. The van der Waals surface area contributed by atoms with Gasteiger partial charge in [0.05, 0.1) is 12.8 Å². The zero-order valence-corrected chi connectivity index (χ0v) is 17.8. The summed E-state index contributed by atoms with van der Waals surface area (Å²) in [7, 11) is 1.69. The lowest BCUT2D eigenvalue weighted by molar-refractivity contribution is 0.141.